The van der Waals surface area contributed by atoms with Gasteiger partial charge in [0.1, 0.15) is 5.60 Å². The SMILES string of the molecule is CC1(CNC(=O)OC(C)(C)C)CCN(C(=O)Nc2ccc(C(F)(F)F)cc2)C1. The van der Waals surface area contributed by atoms with Gasteiger partial charge in [0.15, 0.2) is 0 Å². The zero-order chi connectivity index (χ0) is 21.2. The van der Waals surface area contributed by atoms with Gasteiger partial charge in [-0.3, -0.25) is 0 Å². The molecule has 3 amide bonds. The Morgan fingerprint density at radius 3 is 2.32 bits per heavy atom. The first-order valence-electron chi connectivity index (χ1n) is 8.98. The quantitative estimate of drug-likeness (QED) is 0.785. The van der Waals surface area contributed by atoms with Gasteiger partial charge in [-0.1, -0.05) is 6.92 Å². The first kappa shape index (κ1) is 21.8. The van der Waals surface area contributed by atoms with Crippen molar-refractivity contribution in [1.82, 2.24) is 10.2 Å². The molecule has 1 atom stereocenters. The molecule has 0 aromatic heterocycles. The van der Waals surface area contributed by atoms with Crippen molar-refractivity contribution in [1.29, 1.82) is 0 Å². The number of hydrogen-bond acceptors (Lipinski definition) is 3. The van der Waals surface area contributed by atoms with Crippen LogP contribution in [0.25, 0.3) is 0 Å². The Hall–Kier alpha value is -2.45. The molecule has 0 aliphatic carbocycles. The number of hydrogen-bond donors (Lipinski definition) is 2. The number of nitrogens with one attached hydrogen (secondary N) is 2. The van der Waals surface area contributed by atoms with Crippen LogP contribution in [0.15, 0.2) is 24.3 Å². The number of urea groups is 1. The number of benzene rings is 1. The third-order valence-electron chi connectivity index (χ3n) is 4.37. The molecule has 28 heavy (non-hydrogen) atoms. The Balaban J connectivity index is 1.86. The first-order chi connectivity index (χ1) is 12.8. The van der Waals surface area contributed by atoms with Crippen LogP contribution in [0.4, 0.5) is 28.4 Å². The highest BCUT2D eigenvalue weighted by molar-refractivity contribution is 5.89. The summed E-state index contributed by atoms with van der Waals surface area (Å²) in [4.78, 5) is 25.8. The molecule has 2 N–H and O–H groups in total. The van der Waals surface area contributed by atoms with Crippen LogP contribution in [-0.2, 0) is 10.9 Å². The maximum atomic E-state index is 12.6. The van der Waals surface area contributed by atoms with Crippen LogP contribution in [0.1, 0.15) is 39.7 Å². The van der Waals surface area contributed by atoms with Crippen LogP contribution >= 0.6 is 0 Å². The zero-order valence-electron chi connectivity index (χ0n) is 16.4. The van der Waals surface area contributed by atoms with Gasteiger partial charge in [-0.2, -0.15) is 13.2 Å². The van der Waals surface area contributed by atoms with Crippen molar-refractivity contribution >= 4 is 17.8 Å². The summed E-state index contributed by atoms with van der Waals surface area (Å²) in [5.74, 6) is 0. The number of carbonyl (C=O) groups excluding carboxylic acids is 2. The van der Waals surface area contributed by atoms with Crippen molar-refractivity contribution in [2.45, 2.75) is 45.9 Å². The van der Waals surface area contributed by atoms with Gasteiger partial charge < -0.3 is 20.3 Å². The second-order valence-corrected chi connectivity index (χ2v) is 8.34. The predicted molar refractivity (Wildman–Crippen MR) is 99.0 cm³/mol. The van der Waals surface area contributed by atoms with Gasteiger partial charge in [-0.15, -0.1) is 0 Å². The van der Waals surface area contributed by atoms with E-state index >= 15 is 0 Å². The maximum Gasteiger partial charge on any atom is 0.416 e. The van der Waals surface area contributed by atoms with E-state index in [4.69, 9.17) is 4.74 Å². The van der Waals surface area contributed by atoms with Crippen molar-refractivity contribution in [2.75, 3.05) is 25.0 Å². The van der Waals surface area contributed by atoms with Crippen molar-refractivity contribution in [2.24, 2.45) is 5.41 Å². The van der Waals surface area contributed by atoms with Gasteiger partial charge in [0.25, 0.3) is 0 Å². The third kappa shape index (κ3) is 6.31. The lowest BCUT2D eigenvalue weighted by molar-refractivity contribution is -0.137. The Labute approximate surface area is 162 Å². The molecule has 1 aromatic carbocycles. The lowest BCUT2D eigenvalue weighted by atomic mass is 9.90. The summed E-state index contributed by atoms with van der Waals surface area (Å²) in [6.07, 6.45) is -4.25. The molecule has 1 unspecified atom stereocenters. The van der Waals surface area contributed by atoms with Crippen LogP contribution in [-0.4, -0.2) is 42.3 Å². The number of nitrogens with zero attached hydrogens (tertiary/aromatic N) is 1. The lowest BCUT2D eigenvalue weighted by Crippen LogP contribution is -2.41. The van der Waals surface area contributed by atoms with E-state index in [0.29, 0.717) is 31.7 Å². The summed E-state index contributed by atoms with van der Waals surface area (Å²) >= 11 is 0. The van der Waals surface area contributed by atoms with E-state index in [1.165, 1.54) is 12.1 Å². The normalized spacial score (nSPS) is 20.0. The second-order valence-electron chi connectivity index (χ2n) is 8.34. The van der Waals surface area contributed by atoms with Gasteiger partial charge >= 0.3 is 18.3 Å². The van der Waals surface area contributed by atoms with E-state index in [0.717, 1.165) is 12.1 Å². The van der Waals surface area contributed by atoms with E-state index in [-0.39, 0.29) is 11.4 Å². The Morgan fingerprint density at radius 1 is 1.18 bits per heavy atom. The fraction of sp³-hybridized carbons (Fsp3) is 0.579. The zero-order valence-corrected chi connectivity index (χ0v) is 16.4. The van der Waals surface area contributed by atoms with Gasteiger partial charge in [0.05, 0.1) is 5.56 Å². The molecule has 1 aliphatic heterocycles. The summed E-state index contributed by atoms with van der Waals surface area (Å²) in [6.45, 7) is 8.53. The molecule has 1 fully saturated rings. The van der Waals surface area contributed by atoms with Crippen molar-refractivity contribution in [3.8, 4) is 0 Å². The largest absolute Gasteiger partial charge is 0.444 e. The number of anilines is 1. The van der Waals surface area contributed by atoms with Gasteiger partial charge in [0, 0.05) is 30.7 Å². The van der Waals surface area contributed by atoms with Crippen LogP contribution in [0.5, 0.6) is 0 Å². The molecule has 9 heteroatoms. The second kappa shape index (κ2) is 7.89. The topological polar surface area (TPSA) is 70.7 Å². The van der Waals surface area contributed by atoms with Crippen LogP contribution in [0.2, 0.25) is 0 Å². The number of alkyl carbamates (subject to hydrolysis) is 1. The molecule has 0 spiro atoms. The minimum atomic E-state index is -4.42. The van der Waals surface area contributed by atoms with Gasteiger partial charge in [0.2, 0.25) is 0 Å². The number of amides is 3. The standard InChI is InChI=1S/C19H26F3N3O3/c1-17(2,3)28-16(27)23-11-18(4)9-10-25(12-18)15(26)24-14-7-5-13(6-8-14)19(20,21)22/h5-8H,9-12H2,1-4H3,(H,23,27)(H,24,26). The molecule has 2 rings (SSSR count). The summed E-state index contributed by atoms with van der Waals surface area (Å²) in [5.41, 5.74) is -1.38. The summed E-state index contributed by atoms with van der Waals surface area (Å²) in [5, 5.41) is 5.33. The predicted octanol–water partition coefficient (Wildman–Crippen LogP) is 4.47. The van der Waals surface area contributed by atoms with E-state index in [1.54, 1.807) is 25.7 Å². The molecule has 1 aliphatic rings. The van der Waals surface area contributed by atoms with Crippen molar-refractivity contribution < 1.29 is 27.5 Å². The number of alkyl halides is 3. The summed E-state index contributed by atoms with van der Waals surface area (Å²) < 4.78 is 43.0. The highest BCUT2D eigenvalue weighted by Crippen LogP contribution is 2.31. The fourth-order valence-electron chi connectivity index (χ4n) is 2.89. The van der Waals surface area contributed by atoms with Gasteiger partial charge in [-0.05, 0) is 51.5 Å². The maximum absolute atomic E-state index is 12.6. The number of ether oxygens (including phenoxy) is 1. The molecule has 1 saturated heterocycles. The molecule has 1 aromatic rings. The lowest BCUT2D eigenvalue weighted by Gasteiger charge is -2.26. The Kier molecular flexibility index (Phi) is 6.15. The molecular weight excluding hydrogens is 375 g/mol. The van der Waals surface area contributed by atoms with E-state index < -0.39 is 23.4 Å². The van der Waals surface area contributed by atoms with Gasteiger partial charge in [-0.25, -0.2) is 9.59 Å². The minimum absolute atomic E-state index is 0.290. The van der Waals surface area contributed by atoms with Crippen LogP contribution in [0.3, 0.4) is 0 Å². The van der Waals surface area contributed by atoms with E-state index in [2.05, 4.69) is 10.6 Å². The summed E-state index contributed by atoms with van der Waals surface area (Å²) in [6, 6.07) is 3.91. The average Bonchev–Trinajstić information content (AvgIpc) is 2.94. The minimum Gasteiger partial charge on any atom is -0.444 e. The fourth-order valence-corrected chi connectivity index (χ4v) is 2.89. The smallest absolute Gasteiger partial charge is 0.416 e. The van der Waals surface area contributed by atoms with E-state index in [9.17, 15) is 22.8 Å². The Morgan fingerprint density at radius 2 is 1.79 bits per heavy atom. The average molecular weight is 401 g/mol. The highest BCUT2D eigenvalue weighted by atomic mass is 19.4. The molecule has 6 nitrogen and oxygen atoms in total. The summed E-state index contributed by atoms with van der Waals surface area (Å²) in [7, 11) is 0. The molecule has 1 heterocycles. The molecule has 0 saturated carbocycles. The first-order valence-corrected chi connectivity index (χ1v) is 8.98. The highest BCUT2D eigenvalue weighted by Gasteiger charge is 2.37. The number of carbonyl (C=O) groups is 2. The number of halogens is 3. The Bertz CT molecular complexity index is 714. The number of likely N-dealkylation sites (tertiary alicyclic amines) is 1. The van der Waals surface area contributed by atoms with Crippen molar-refractivity contribution in [3.05, 3.63) is 29.8 Å². The molecule has 0 radical (unpaired) electrons. The third-order valence-corrected chi connectivity index (χ3v) is 4.37. The van der Waals surface area contributed by atoms with Crippen molar-refractivity contribution in [3.63, 3.8) is 0 Å². The molecular formula is C19H26F3N3O3. The number of rotatable bonds is 3. The van der Waals surface area contributed by atoms with Crippen LogP contribution in [0, 0.1) is 5.41 Å². The monoisotopic (exact) mass is 401 g/mol. The molecule has 0 bridgehead atoms. The molecule has 156 valence electrons. The van der Waals surface area contributed by atoms with Crippen LogP contribution < -0.4 is 10.6 Å². The van der Waals surface area contributed by atoms with E-state index in [1.807, 2.05) is 6.92 Å².